The van der Waals surface area contributed by atoms with E-state index in [9.17, 15) is 4.79 Å². The Morgan fingerprint density at radius 1 is 1.12 bits per heavy atom. The Kier molecular flexibility index (Phi) is 4.34. The maximum atomic E-state index is 13.2. The molecule has 2 aliphatic rings. The third-order valence-corrected chi connectivity index (χ3v) is 5.82. The van der Waals surface area contributed by atoms with Crippen LogP contribution in [0.5, 0.6) is 0 Å². The molecular formula is C20H26N4O. The first-order chi connectivity index (χ1) is 12.2. The van der Waals surface area contributed by atoms with Crippen molar-refractivity contribution in [3.05, 3.63) is 54.1 Å². The molecule has 5 nitrogen and oxygen atoms in total. The molecule has 2 aliphatic heterocycles. The van der Waals surface area contributed by atoms with Crippen molar-refractivity contribution in [2.75, 3.05) is 19.6 Å². The second-order valence-corrected chi connectivity index (χ2v) is 7.54. The quantitative estimate of drug-likeness (QED) is 0.860. The van der Waals surface area contributed by atoms with Gasteiger partial charge in [-0.3, -0.25) is 14.7 Å². The first-order valence-corrected chi connectivity index (χ1v) is 9.17. The molecule has 1 atom stereocenters. The van der Waals surface area contributed by atoms with Crippen molar-refractivity contribution < 1.29 is 4.79 Å². The number of amides is 1. The first kappa shape index (κ1) is 16.3. The van der Waals surface area contributed by atoms with Gasteiger partial charge in [0.1, 0.15) is 0 Å². The van der Waals surface area contributed by atoms with E-state index in [-0.39, 0.29) is 5.41 Å². The highest BCUT2D eigenvalue weighted by molar-refractivity contribution is 5.85. The maximum absolute atomic E-state index is 13.2. The van der Waals surface area contributed by atoms with Gasteiger partial charge in [0.05, 0.1) is 5.41 Å². The molecule has 0 saturated carbocycles. The number of nitrogens with zero attached hydrogens (tertiary/aromatic N) is 4. The predicted molar refractivity (Wildman–Crippen MR) is 96.6 cm³/mol. The van der Waals surface area contributed by atoms with Crippen molar-refractivity contribution >= 4 is 5.91 Å². The van der Waals surface area contributed by atoms with E-state index in [4.69, 9.17) is 0 Å². The van der Waals surface area contributed by atoms with Gasteiger partial charge in [0.2, 0.25) is 5.91 Å². The van der Waals surface area contributed by atoms with Crippen molar-refractivity contribution in [2.45, 2.75) is 32.4 Å². The zero-order valence-electron chi connectivity index (χ0n) is 14.9. The number of pyridine rings is 1. The van der Waals surface area contributed by atoms with Crippen LogP contribution >= 0.6 is 0 Å². The lowest BCUT2D eigenvalue weighted by Crippen LogP contribution is -2.47. The van der Waals surface area contributed by atoms with Crippen LogP contribution in [-0.2, 0) is 24.9 Å². The van der Waals surface area contributed by atoms with E-state index >= 15 is 0 Å². The van der Waals surface area contributed by atoms with Crippen LogP contribution in [0, 0.1) is 5.41 Å². The topological polar surface area (TPSA) is 41.4 Å². The number of rotatable bonds is 4. The molecule has 25 heavy (non-hydrogen) atoms. The Morgan fingerprint density at radius 3 is 2.72 bits per heavy atom. The largest absolute Gasteiger partial charge is 0.353 e. The molecule has 1 amide bonds. The number of piperidine rings is 1. The van der Waals surface area contributed by atoms with Crippen LogP contribution in [0.25, 0.3) is 0 Å². The summed E-state index contributed by atoms with van der Waals surface area (Å²) >= 11 is 0. The summed E-state index contributed by atoms with van der Waals surface area (Å²) in [5, 5.41) is 0. The predicted octanol–water partition coefficient (Wildman–Crippen LogP) is 2.43. The molecule has 1 spiro atoms. The minimum Gasteiger partial charge on any atom is -0.353 e. The fourth-order valence-electron chi connectivity index (χ4n) is 4.38. The highest BCUT2D eigenvalue weighted by Crippen LogP contribution is 2.41. The van der Waals surface area contributed by atoms with Crippen molar-refractivity contribution in [3.63, 3.8) is 0 Å². The van der Waals surface area contributed by atoms with Crippen LogP contribution in [0.4, 0.5) is 0 Å². The fraction of sp³-hybridized carbons (Fsp3) is 0.500. The molecule has 2 fully saturated rings. The van der Waals surface area contributed by atoms with Crippen LogP contribution in [0.3, 0.4) is 0 Å². The number of likely N-dealkylation sites (tertiary alicyclic amines) is 2. The average molecular weight is 338 g/mol. The first-order valence-electron chi connectivity index (χ1n) is 9.17. The van der Waals surface area contributed by atoms with Crippen LogP contribution in [0.1, 0.15) is 30.5 Å². The van der Waals surface area contributed by atoms with E-state index in [1.54, 1.807) is 12.4 Å². The van der Waals surface area contributed by atoms with Crippen molar-refractivity contribution in [1.82, 2.24) is 19.4 Å². The zero-order valence-corrected chi connectivity index (χ0v) is 14.9. The summed E-state index contributed by atoms with van der Waals surface area (Å²) < 4.78 is 2.17. The molecule has 1 unspecified atom stereocenters. The third-order valence-electron chi connectivity index (χ3n) is 5.82. The molecule has 2 aromatic rings. The number of carbonyl (C=O) groups is 1. The average Bonchev–Trinajstić information content (AvgIpc) is 3.15. The number of carbonyl (C=O) groups excluding carboxylic acids is 1. The van der Waals surface area contributed by atoms with Crippen LogP contribution in [0.2, 0.25) is 0 Å². The highest BCUT2D eigenvalue weighted by Gasteiger charge is 2.48. The highest BCUT2D eigenvalue weighted by atomic mass is 16.2. The lowest BCUT2D eigenvalue weighted by Gasteiger charge is -2.39. The summed E-state index contributed by atoms with van der Waals surface area (Å²) in [5.74, 6) is 0.348. The summed E-state index contributed by atoms with van der Waals surface area (Å²) in [6.45, 7) is 4.50. The fourth-order valence-corrected chi connectivity index (χ4v) is 4.38. The van der Waals surface area contributed by atoms with Gasteiger partial charge in [0, 0.05) is 57.5 Å². The molecule has 0 aliphatic carbocycles. The lowest BCUT2D eigenvalue weighted by molar-refractivity contribution is -0.139. The van der Waals surface area contributed by atoms with Gasteiger partial charge < -0.3 is 9.47 Å². The SMILES string of the molecule is Cn1cccc1CN1CCCC2(CCN(Cc3ccncc3)C2=O)C1. The van der Waals surface area contributed by atoms with E-state index in [0.717, 1.165) is 51.0 Å². The molecule has 2 saturated heterocycles. The third kappa shape index (κ3) is 3.21. The van der Waals surface area contributed by atoms with Crippen molar-refractivity contribution in [1.29, 1.82) is 0 Å². The number of hydrogen-bond donors (Lipinski definition) is 0. The summed E-state index contributed by atoms with van der Waals surface area (Å²) in [6.07, 6.45) is 8.82. The van der Waals surface area contributed by atoms with Crippen molar-refractivity contribution in [2.24, 2.45) is 12.5 Å². The van der Waals surface area contributed by atoms with E-state index in [0.29, 0.717) is 12.5 Å². The van der Waals surface area contributed by atoms with Crippen molar-refractivity contribution in [3.8, 4) is 0 Å². The number of aromatic nitrogens is 2. The molecule has 4 rings (SSSR count). The Morgan fingerprint density at radius 2 is 1.96 bits per heavy atom. The summed E-state index contributed by atoms with van der Waals surface area (Å²) in [7, 11) is 2.09. The molecule has 2 aromatic heterocycles. The van der Waals surface area contributed by atoms with Gasteiger partial charge in [-0.25, -0.2) is 0 Å². The molecule has 0 N–H and O–H groups in total. The standard InChI is InChI=1S/C20H26N4O/c1-22-11-2-4-18(22)15-23-12-3-7-20(16-23)8-13-24(19(20)25)14-17-5-9-21-10-6-17/h2,4-6,9-11H,3,7-8,12-16H2,1H3. The minimum absolute atomic E-state index is 0.170. The van der Waals surface area contributed by atoms with Gasteiger partial charge in [-0.1, -0.05) is 0 Å². The second-order valence-electron chi connectivity index (χ2n) is 7.54. The molecule has 0 aromatic carbocycles. The maximum Gasteiger partial charge on any atom is 0.230 e. The van der Waals surface area contributed by atoms with Crippen LogP contribution in [0.15, 0.2) is 42.9 Å². The Bertz CT molecular complexity index is 741. The monoisotopic (exact) mass is 338 g/mol. The minimum atomic E-state index is -0.170. The normalized spacial score (nSPS) is 24.4. The molecule has 4 heterocycles. The molecular weight excluding hydrogens is 312 g/mol. The summed E-state index contributed by atoms with van der Waals surface area (Å²) in [5.41, 5.74) is 2.31. The van der Waals surface area contributed by atoms with E-state index in [1.165, 1.54) is 5.69 Å². The Labute approximate surface area is 149 Å². The molecule has 0 radical (unpaired) electrons. The smallest absolute Gasteiger partial charge is 0.230 e. The molecule has 5 heteroatoms. The number of aryl methyl sites for hydroxylation is 1. The Hall–Kier alpha value is -2.14. The van der Waals surface area contributed by atoms with Crippen LogP contribution < -0.4 is 0 Å². The molecule has 132 valence electrons. The van der Waals surface area contributed by atoms with E-state index in [1.807, 2.05) is 17.0 Å². The second kappa shape index (κ2) is 6.64. The van der Waals surface area contributed by atoms with Crippen LogP contribution in [-0.4, -0.2) is 44.9 Å². The van der Waals surface area contributed by atoms with Gasteiger partial charge in [-0.05, 0) is 55.6 Å². The Balaban J connectivity index is 1.44. The van der Waals surface area contributed by atoms with Gasteiger partial charge >= 0.3 is 0 Å². The molecule has 0 bridgehead atoms. The van der Waals surface area contributed by atoms with Gasteiger partial charge in [0.15, 0.2) is 0 Å². The van der Waals surface area contributed by atoms with Gasteiger partial charge in [0.25, 0.3) is 0 Å². The number of hydrogen-bond acceptors (Lipinski definition) is 3. The van der Waals surface area contributed by atoms with E-state index in [2.05, 4.69) is 39.8 Å². The zero-order chi connectivity index (χ0) is 17.3. The summed E-state index contributed by atoms with van der Waals surface area (Å²) in [6, 6.07) is 8.27. The lowest BCUT2D eigenvalue weighted by atomic mass is 9.78. The van der Waals surface area contributed by atoms with Gasteiger partial charge in [-0.2, -0.15) is 0 Å². The summed E-state index contributed by atoms with van der Waals surface area (Å²) in [4.78, 5) is 21.8. The van der Waals surface area contributed by atoms with E-state index < -0.39 is 0 Å². The van der Waals surface area contributed by atoms with Gasteiger partial charge in [-0.15, -0.1) is 0 Å².